The molecule has 0 radical (unpaired) electrons. The summed E-state index contributed by atoms with van der Waals surface area (Å²) in [5.74, 6) is 0.546. The van der Waals surface area contributed by atoms with Crippen molar-refractivity contribution in [3.8, 4) is 0 Å². The average Bonchev–Trinajstić information content (AvgIpc) is 3.10. The molecule has 1 aliphatic heterocycles. The lowest BCUT2D eigenvalue weighted by Crippen LogP contribution is -2.37. The Morgan fingerprint density at radius 3 is 2.73 bits per heavy atom. The third kappa shape index (κ3) is 7.51. The van der Waals surface area contributed by atoms with Crippen LogP contribution in [0.3, 0.4) is 0 Å². The number of aliphatic hydroxyl groups is 1. The Hall–Kier alpha value is -1.17. The molecule has 0 amide bonds. The van der Waals surface area contributed by atoms with Gasteiger partial charge in [-0.1, -0.05) is 57.9 Å². The summed E-state index contributed by atoms with van der Waals surface area (Å²) in [6.45, 7) is 7.80. The van der Waals surface area contributed by atoms with Crippen molar-refractivity contribution in [2.75, 3.05) is 20.3 Å². The summed E-state index contributed by atoms with van der Waals surface area (Å²) in [6, 6.07) is 0. The molecular formula is C25H42O5. The number of carbonyl (C=O) groups excluding carboxylic acids is 1. The minimum Gasteiger partial charge on any atom is -0.469 e. The van der Waals surface area contributed by atoms with Crippen molar-refractivity contribution in [2.24, 2.45) is 17.3 Å². The zero-order valence-corrected chi connectivity index (χ0v) is 19.3. The number of hydrogen-bond donors (Lipinski definition) is 1. The van der Waals surface area contributed by atoms with Crippen LogP contribution in [0.5, 0.6) is 0 Å². The molecule has 0 aromatic carbocycles. The molecule has 2 aliphatic rings. The number of rotatable bonds is 12. The normalized spacial score (nSPS) is 28.2. The fourth-order valence-corrected chi connectivity index (χ4v) is 4.53. The van der Waals surface area contributed by atoms with Gasteiger partial charge in [-0.05, 0) is 49.4 Å². The number of methoxy groups -OCH3 is 1. The number of fused-ring (bicyclic) bond motifs is 1. The fourth-order valence-electron chi connectivity index (χ4n) is 4.53. The summed E-state index contributed by atoms with van der Waals surface area (Å²) in [6.07, 6.45) is 15.7. The monoisotopic (exact) mass is 422 g/mol. The van der Waals surface area contributed by atoms with E-state index in [4.69, 9.17) is 9.47 Å². The number of ether oxygens (including phenoxy) is 3. The topological polar surface area (TPSA) is 65.0 Å². The highest BCUT2D eigenvalue weighted by Gasteiger charge is 2.44. The summed E-state index contributed by atoms with van der Waals surface area (Å²) >= 11 is 0. The summed E-state index contributed by atoms with van der Waals surface area (Å²) in [5.41, 5.74) is -0.111. The maximum absolute atomic E-state index is 11.2. The molecule has 0 aromatic heterocycles. The van der Waals surface area contributed by atoms with E-state index in [0.29, 0.717) is 31.5 Å². The Morgan fingerprint density at radius 1 is 1.23 bits per heavy atom. The van der Waals surface area contributed by atoms with Crippen LogP contribution in [0.4, 0.5) is 0 Å². The van der Waals surface area contributed by atoms with Crippen LogP contribution in [-0.2, 0) is 19.0 Å². The highest BCUT2D eigenvalue weighted by atomic mass is 16.6. The molecule has 2 fully saturated rings. The Bertz CT molecular complexity index is 568. The number of unbranched alkanes of at least 4 members (excludes halogenated alkanes) is 2. The molecule has 30 heavy (non-hydrogen) atoms. The van der Waals surface area contributed by atoms with Gasteiger partial charge in [0, 0.05) is 6.42 Å². The van der Waals surface area contributed by atoms with Crippen molar-refractivity contribution in [3.63, 3.8) is 0 Å². The Kier molecular flexibility index (Phi) is 10.6. The van der Waals surface area contributed by atoms with Gasteiger partial charge in [-0.15, -0.1) is 0 Å². The van der Waals surface area contributed by atoms with E-state index < -0.39 is 6.10 Å². The van der Waals surface area contributed by atoms with E-state index in [1.54, 1.807) is 0 Å². The standard InChI is InChI=1S/C25H42O5/c1-5-6-15-25(2,3)22(26)14-13-19-18-21-24(30-17-16-29-21)20(19)11-9-7-8-10-12-23(27)28-4/h7,9,13-14,19-22,24,26H,5-6,8,10-12,15-18H2,1-4H3. The van der Waals surface area contributed by atoms with Gasteiger partial charge in [0.2, 0.25) is 0 Å². The smallest absolute Gasteiger partial charge is 0.305 e. The first-order valence-electron chi connectivity index (χ1n) is 11.7. The SMILES string of the molecule is CCCCC(C)(C)C(O)C=CC1CC2OCCOC2C1CC=CCCCC(=O)OC. The molecular weight excluding hydrogens is 380 g/mol. The summed E-state index contributed by atoms with van der Waals surface area (Å²) in [4.78, 5) is 11.2. The van der Waals surface area contributed by atoms with E-state index >= 15 is 0 Å². The third-order valence-electron chi connectivity index (χ3n) is 6.64. The quantitative estimate of drug-likeness (QED) is 0.277. The van der Waals surface area contributed by atoms with Crippen LogP contribution in [0.25, 0.3) is 0 Å². The van der Waals surface area contributed by atoms with Gasteiger partial charge >= 0.3 is 5.97 Å². The van der Waals surface area contributed by atoms with Crippen LogP contribution in [0.2, 0.25) is 0 Å². The molecule has 1 aliphatic carbocycles. The third-order valence-corrected chi connectivity index (χ3v) is 6.64. The molecule has 1 N–H and O–H groups in total. The van der Waals surface area contributed by atoms with Gasteiger partial charge in [0.1, 0.15) is 0 Å². The largest absolute Gasteiger partial charge is 0.469 e. The first-order valence-corrected chi connectivity index (χ1v) is 11.7. The maximum Gasteiger partial charge on any atom is 0.305 e. The molecule has 1 heterocycles. The van der Waals surface area contributed by atoms with Crippen molar-refractivity contribution >= 4 is 5.97 Å². The van der Waals surface area contributed by atoms with Gasteiger partial charge < -0.3 is 19.3 Å². The molecule has 172 valence electrons. The molecule has 0 spiro atoms. The van der Waals surface area contributed by atoms with Crippen molar-refractivity contribution < 1.29 is 24.1 Å². The van der Waals surface area contributed by atoms with Crippen molar-refractivity contribution in [1.82, 2.24) is 0 Å². The van der Waals surface area contributed by atoms with Crippen LogP contribution in [0, 0.1) is 17.3 Å². The van der Waals surface area contributed by atoms with Gasteiger partial charge in [-0.25, -0.2) is 0 Å². The number of allylic oxidation sites excluding steroid dienone is 3. The van der Waals surface area contributed by atoms with Crippen molar-refractivity contribution in [2.45, 2.75) is 90.4 Å². The second-order valence-electron chi connectivity index (χ2n) is 9.41. The molecule has 2 rings (SSSR count). The number of aliphatic hydroxyl groups excluding tert-OH is 1. The van der Waals surface area contributed by atoms with Gasteiger partial charge in [0.15, 0.2) is 0 Å². The highest BCUT2D eigenvalue weighted by Crippen LogP contribution is 2.41. The van der Waals surface area contributed by atoms with Crippen LogP contribution in [0.1, 0.15) is 72.1 Å². The predicted molar refractivity (Wildman–Crippen MR) is 119 cm³/mol. The first kappa shape index (κ1) is 25.1. The van der Waals surface area contributed by atoms with E-state index in [1.807, 2.05) is 6.08 Å². The van der Waals surface area contributed by atoms with Crippen LogP contribution in [-0.4, -0.2) is 49.7 Å². The molecule has 5 heteroatoms. The average molecular weight is 423 g/mol. The van der Waals surface area contributed by atoms with Crippen molar-refractivity contribution in [3.05, 3.63) is 24.3 Å². The van der Waals surface area contributed by atoms with E-state index in [0.717, 1.165) is 44.9 Å². The van der Waals surface area contributed by atoms with Gasteiger partial charge in [0.25, 0.3) is 0 Å². The molecule has 1 saturated heterocycles. The van der Waals surface area contributed by atoms with Crippen molar-refractivity contribution in [1.29, 1.82) is 0 Å². The van der Waals surface area contributed by atoms with E-state index in [2.05, 4.69) is 43.7 Å². The molecule has 5 atom stereocenters. The van der Waals surface area contributed by atoms with E-state index in [1.165, 1.54) is 7.11 Å². The highest BCUT2D eigenvalue weighted by molar-refractivity contribution is 5.69. The predicted octanol–water partition coefficient (Wildman–Crippen LogP) is 4.83. The second-order valence-corrected chi connectivity index (χ2v) is 9.41. The summed E-state index contributed by atoms with van der Waals surface area (Å²) in [5, 5.41) is 10.7. The van der Waals surface area contributed by atoms with E-state index in [9.17, 15) is 9.90 Å². The van der Waals surface area contributed by atoms with Gasteiger partial charge in [-0.3, -0.25) is 4.79 Å². The second kappa shape index (κ2) is 12.6. The van der Waals surface area contributed by atoms with Crippen LogP contribution >= 0.6 is 0 Å². The zero-order valence-electron chi connectivity index (χ0n) is 19.3. The lowest BCUT2D eigenvalue weighted by molar-refractivity contribution is -0.140. The summed E-state index contributed by atoms with van der Waals surface area (Å²) in [7, 11) is 1.43. The lowest BCUT2D eigenvalue weighted by atomic mass is 9.80. The maximum atomic E-state index is 11.2. The Balaban J connectivity index is 1.94. The van der Waals surface area contributed by atoms with Crippen LogP contribution < -0.4 is 0 Å². The lowest BCUT2D eigenvalue weighted by Gasteiger charge is -2.30. The minimum absolute atomic E-state index is 0.111. The fraction of sp³-hybridized carbons (Fsp3) is 0.800. The summed E-state index contributed by atoms with van der Waals surface area (Å²) < 4.78 is 16.7. The molecule has 0 bridgehead atoms. The van der Waals surface area contributed by atoms with Crippen LogP contribution in [0.15, 0.2) is 24.3 Å². The minimum atomic E-state index is -0.442. The number of esters is 1. The number of hydrogen-bond acceptors (Lipinski definition) is 5. The molecule has 5 nitrogen and oxygen atoms in total. The Morgan fingerprint density at radius 2 is 2.00 bits per heavy atom. The molecule has 1 saturated carbocycles. The zero-order chi connectivity index (χ0) is 22.0. The molecule has 0 aromatic rings. The Labute approximate surface area is 182 Å². The van der Waals surface area contributed by atoms with Gasteiger partial charge in [-0.2, -0.15) is 0 Å². The van der Waals surface area contributed by atoms with E-state index in [-0.39, 0.29) is 23.6 Å². The first-order chi connectivity index (χ1) is 14.4. The van der Waals surface area contributed by atoms with Gasteiger partial charge in [0.05, 0.1) is 38.6 Å². The molecule has 5 unspecified atom stereocenters. The number of carbonyl (C=O) groups is 1.